The summed E-state index contributed by atoms with van der Waals surface area (Å²) < 4.78 is 20.4. The standard InChI is InChI=1S/C29H27FN6O3/c1-16(2)34-28(37)25-13-19-24(35-22-5-3-4-20(30)26(19)22)15-36(25)29(38)27-17(8-11-39-27)14-33-18-6-7-21-23(12-18)32-10-9-31-21/h3-12,16,25,33,35H,13-15H2,1-2H3,(H,34,37)/t25-/m1/s1. The van der Waals surface area contributed by atoms with Crippen LogP contribution in [0.4, 0.5) is 10.1 Å². The van der Waals surface area contributed by atoms with Crippen molar-refractivity contribution in [3.8, 4) is 0 Å². The summed E-state index contributed by atoms with van der Waals surface area (Å²) in [5.74, 6) is -0.906. The van der Waals surface area contributed by atoms with Gasteiger partial charge < -0.3 is 24.9 Å². The Morgan fingerprint density at radius 2 is 1.97 bits per heavy atom. The topological polar surface area (TPSA) is 116 Å². The Bertz CT molecular complexity index is 1710. The number of rotatable bonds is 6. The molecule has 0 spiro atoms. The summed E-state index contributed by atoms with van der Waals surface area (Å²) in [7, 11) is 0. The van der Waals surface area contributed by atoms with Gasteiger partial charge in [-0.3, -0.25) is 19.6 Å². The maximum Gasteiger partial charge on any atom is 0.290 e. The Morgan fingerprint density at radius 1 is 1.15 bits per heavy atom. The second-order valence-electron chi connectivity index (χ2n) is 9.95. The highest BCUT2D eigenvalue weighted by Gasteiger charge is 2.39. The third-order valence-electron chi connectivity index (χ3n) is 6.96. The Kier molecular flexibility index (Phi) is 6.22. The number of furan rings is 1. The third-order valence-corrected chi connectivity index (χ3v) is 6.96. The normalized spacial score (nSPS) is 15.1. The second kappa shape index (κ2) is 9.86. The van der Waals surface area contributed by atoms with Crippen molar-refractivity contribution in [2.24, 2.45) is 0 Å². The summed E-state index contributed by atoms with van der Waals surface area (Å²) in [5, 5.41) is 6.69. The molecule has 0 fully saturated rings. The first kappa shape index (κ1) is 24.6. The summed E-state index contributed by atoms with van der Waals surface area (Å²) in [4.78, 5) is 40.5. The Hall–Kier alpha value is -4.73. The van der Waals surface area contributed by atoms with Crippen molar-refractivity contribution < 1.29 is 18.4 Å². The minimum absolute atomic E-state index is 0.120. The highest BCUT2D eigenvalue weighted by Crippen LogP contribution is 2.33. The van der Waals surface area contributed by atoms with Gasteiger partial charge in [-0.15, -0.1) is 0 Å². The van der Waals surface area contributed by atoms with Crippen molar-refractivity contribution in [2.75, 3.05) is 5.32 Å². The molecule has 9 nitrogen and oxygen atoms in total. The molecular weight excluding hydrogens is 499 g/mol. The third kappa shape index (κ3) is 4.58. The van der Waals surface area contributed by atoms with Crippen LogP contribution in [-0.4, -0.2) is 43.7 Å². The lowest BCUT2D eigenvalue weighted by molar-refractivity contribution is -0.126. The molecule has 1 atom stereocenters. The number of carbonyl (C=O) groups is 2. The summed E-state index contributed by atoms with van der Waals surface area (Å²) in [6.45, 7) is 4.16. The fraction of sp³-hybridized carbons (Fsp3) is 0.241. The second-order valence-corrected chi connectivity index (χ2v) is 9.95. The molecule has 1 aliphatic heterocycles. The minimum Gasteiger partial charge on any atom is -0.459 e. The summed E-state index contributed by atoms with van der Waals surface area (Å²) in [6, 6.07) is 11.3. The molecule has 0 bridgehead atoms. The molecule has 1 aliphatic rings. The number of aromatic amines is 1. The van der Waals surface area contributed by atoms with Gasteiger partial charge in [0.1, 0.15) is 11.9 Å². The maximum absolute atomic E-state index is 14.8. The average Bonchev–Trinajstić information content (AvgIpc) is 3.55. The van der Waals surface area contributed by atoms with Gasteiger partial charge in [0.2, 0.25) is 5.91 Å². The molecule has 2 aromatic carbocycles. The molecule has 6 rings (SSSR count). The van der Waals surface area contributed by atoms with Crippen molar-refractivity contribution in [1.82, 2.24) is 25.2 Å². The van der Waals surface area contributed by atoms with Crippen LogP contribution in [0.3, 0.4) is 0 Å². The summed E-state index contributed by atoms with van der Waals surface area (Å²) in [6.07, 6.45) is 4.93. The Labute approximate surface area is 223 Å². The fourth-order valence-corrected chi connectivity index (χ4v) is 5.16. The van der Waals surface area contributed by atoms with Crippen LogP contribution < -0.4 is 10.6 Å². The first-order valence-electron chi connectivity index (χ1n) is 12.8. The van der Waals surface area contributed by atoms with Gasteiger partial charge in [0.25, 0.3) is 5.91 Å². The average molecular weight is 527 g/mol. The van der Waals surface area contributed by atoms with Crippen molar-refractivity contribution in [3.05, 3.63) is 89.5 Å². The SMILES string of the molecule is CC(C)NC(=O)[C@H]1Cc2c([nH]c3cccc(F)c23)CN1C(=O)c1occc1CNc1ccc2nccnc2c1. The van der Waals surface area contributed by atoms with Gasteiger partial charge in [-0.2, -0.15) is 0 Å². The molecule has 5 aromatic rings. The van der Waals surface area contributed by atoms with Gasteiger partial charge >= 0.3 is 0 Å². The number of benzene rings is 2. The van der Waals surface area contributed by atoms with Crippen molar-refractivity contribution in [1.29, 1.82) is 0 Å². The molecule has 0 unspecified atom stereocenters. The Balaban J connectivity index is 1.29. The predicted octanol–water partition coefficient (Wildman–Crippen LogP) is 4.55. The van der Waals surface area contributed by atoms with Crippen LogP contribution in [-0.2, 0) is 24.3 Å². The number of amides is 2. The summed E-state index contributed by atoms with van der Waals surface area (Å²) >= 11 is 0. The minimum atomic E-state index is -0.823. The van der Waals surface area contributed by atoms with E-state index < -0.39 is 11.9 Å². The van der Waals surface area contributed by atoms with E-state index in [1.54, 1.807) is 30.6 Å². The van der Waals surface area contributed by atoms with Crippen molar-refractivity contribution in [3.63, 3.8) is 0 Å². The predicted molar refractivity (Wildman–Crippen MR) is 144 cm³/mol. The van der Waals surface area contributed by atoms with Crippen molar-refractivity contribution in [2.45, 2.75) is 45.4 Å². The van der Waals surface area contributed by atoms with E-state index in [1.807, 2.05) is 32.0 Å². The number of H-pyrrole nitrogens is 1. The number of hydrogen-bond donors (Lipinski definition) is 3. The molecule has 39 heavy (non-hydrogen) atoms. The van der Waals surface area contributed by atoms with E-state index in [1.165, 1.54) is 17.2 Å². The smallest absolute Gasteiger partial charge is 0.290 e. The van der Waals surface area contributed by atoms with Gasteiger partial charge in [0.15, 0.2) is 5.76 Å². The molecule has 0 saturated heterocycles. The van der Waals surface area contributed by atoms with E-state index in [4.69, 9.17) is 4.42 Å². The van der Waals surface area contributed by atoms with E-state index in [9.17, 15) is 14.0 Å². The fourth-order valence-electron chi connectivity index (χ4n) is 5.16. The number of nitrogens with one attached hydrogen (secondary N) is 3. The zero-order chi connectivity index (χ0) is 27.1. The van der Waals surface area contributed by atoms with Crippen LogP contribution >= 0.6 is 0 Å². The summed E-state index contributed by atoms with van der Waals surface area (Å²) in [5.41, 5.74) is 5.08. The van der Waals surface area contributed by atoms with E-state index >= 15 is 0 Å². The van der Waals surface area contributed by atoms with E-state index in [2.05, 4.69) is 25.6 Å². The lowest BCUT2D eigenvalue weighted by atomic mass is 9.95. The largest absolute Gasteiger partial charge is 0.459 e. The molecule has 2 amide bonds. The van der Waals surface area contributed by atoms with E-state index in [-0.39, 0.29) is 36.5 Å². The molecule has 3 aromatic heterocycles. The van der Waals surface area contributed by atoms with Gasteiger partial charge in [-0.1, -0.05) is 6.07 Å². The Morgan fingerprint density at radius 3 is 2.79 bits per heavy atom. The molecule has 3 N–H and O–H groups in total. The molecular formula is C29H27FN6O3. The molecule has 0 aliphatic carbocycles. The quantitative estimate of drug-likeness (QED) is 0.299. The van der Waals surface area contributed by atoms with Gasteiger partial charge in [-0.25, -0.2) is 4.39 Å². The van der Waals surface area contributed by atoms with Crippen LogP contribution in [0.5, 0.6) is 0 Å². The van der Waals surface area contributed by atoms with Gasteiger partial charge in [0, 0.05) is 59.2 Å². The molecule has 198 valence electrons. The highest BCUT2D eigenvalue weighted by molar-refractivity contribution is 5.98. The molecule has 0 saturated carbocycles. The number of anilines is 1. The van der Waals surface area contributed by atoms with E-state index in [0.29, 0.717) is 28.7 Å². The molecule has 10 heteroatoms. The first-order valence-corrected chi connectivity index (χ1v) is 12.8. The maximum atomic E-state index is 14.8. The van der Waals surface area contributed by atoms with Gasteiger partial charge in [-0.05, 0) is 55.8 Å². The van der Waals surface area contributed by atoms with Crippen LogP contribution in [0.25, 0.3) is 21.9 Å². The highest BCUT2D eigenvalue weighted by atomic mass is 19.1. The first-order chi connectivity index (χ1) is 18.9. The van der Waals surface area contributed by atoms with Crippen LogP contribution in [0.1, 0.15) is 41.2 Å². The number of aromatic nitrogens is 3. The number of nitrogens with zero attached hydrogens (tertiary/aromatic N) is 3. The number of carbonyl (C=O) groups excluding carboxylic acids is 2. The zero-order valence-electron chi connectivity index (χ0n) is 21.5. The number of halogens is 1. The van der Waals surface area contributed by atoms with Crippen LogP contribution in [0, 0.1) is 5.82 Å². The molecule has 0 radical (unpaired) electrons. The molecule has 4 heterocycles. The lowest BCUT2D eigenvalue weighted by Crippen LogP contribution is -2.53. The van der Waals surface area contributed by atoms with Crippen molar-refractivity contribution >= 4 is 39.4 Å². The van der Waals surface area contributed by atoms with E-state index in [0.717, 1.165) is 22.3 Å². The van der Waals surface area contributed by atoms with Gasteiger partial charge in [0.05, 0.1) is 23.8 Å². The number of fused-ring (bicyclic) bond motifs is 4. The van der Waals surface area contributed by atoms with Crippen LogP contribution in [0.15, 0.2) is 65.5 Å². The monoisotopic (exact) mass is 526 g/mol. The number of hydrogen-bond acceptors (Lipinski definition) is 6. The van der Waals surface area contributed by atoms with Crippen LogP contribution in [0.2, 0.25) is 0 Å². The zero-order valence-corrected chi connectivity index (χ0v) is 21.5. The lowest BCUT2D eigenvalue weighted by Gasteiger charge is -2.35.